The first-order chi connectivity index (χ1) is 8.13. The maximum atomic E-state index is 9.96. The fraction of sp³-hybridized carbons (Fsp3) is 0.500. The predicted molar refractivity (Wildman–Crippen MR) is 64.6 cm³/mol. The van der Waals surface area contributed by atoms with E-state index in [1.54, 1.807) is 18.3 Å². The second-order valence-electron chi connectivity index (χ2n) is 4.49. The number of aliphatic hydroxyl groups excluding tert-OH is 1. The summed E-state index contributed by atoms with van der Waals surface area (Å²) >= 11 is 0. The molecule has 0 spiro atoms. The smallest absolute Gasteiger partial charge is 0.146 e. The highest BCUT2D eigenvalue weighted by Gasteiger charge is 2.34. The molecule has 1 aliphatic heterocycles. The topological polar surface area (TPSA) is 63.4 Å². The largest absolute Gasteiger partial charge is 0.390 e. The highest BCUT2D eigenvalue weighted by atomic mass is 16.3. The lowest BCUT2D eigenvalue weighted by atomic mass is 10.2. The second kappa shape index (κ2) is 4.70. The standard InChI is InChI=1S/C12H16N4O/c1-15(2)10-7-16(8-11(10)17)12-9(6-13)4-3-5-14-12/h3-5,10-11,17H,7-8H2,1-2H3/t10-,11-/m0/s1. The fourth-order valence-electron chi connectivity index (χ4n) is 2.19. The van der Waals surface area contributed by atoms with Gasteiger partial charge >= 0.3 is 0 Å². The van der Waals surface area contributed by atoms with Crippen molar-refractivity contribution in [3.63, 3.8) is 0 Å². The van der Waals surface area contributed by atoms with Gasteiger partial charge in [-0.2, -0.15) is 5.26 Å². The molecule has 0 saturated carbocycles. The molecule has 2 rings (SSSR count). The van der Waals surface area contributed by atoms with Gasteiger partial charge in [0, 0.05) is 19.3 Å². The van der Waals surface area contributed by atoms with E-state index in [1.807, 2.05) is 23.9 Å². The van der Waals surface area contributed by atoms with Crippen molar-refractivity contribution in [2.45, 2.75) is 12.1 Å². The summed E-state index contributed by atoms with van der Waals surface area (Å²) in [6.45, 7) is 1.22. The van der Waals surface area contributed by atoms with Crippen LogP contribution in [0, 0.1) is 11.3 Å². The summed E-state index contributed by atoms with van der Waals surface area (Å²) in [7, 11) is 3.89. The van der Waals surface area contributed by atoms with Crippen molar-refractivity contribution in [3.05, 3.63) is 23.9 Å². The molecule has 0 amide bonds. The Bertz CT molecular complexity index is 440. The Morgan fingerprint density at radius 1 is 1.53 bits per heavy atom. The van der Waals surface area contributed by atoms with E-state index >= 15 is 0 Å². The Labute approximate surface area is 101 Å². The number of β-amino-alcohol motifs (C(OH)–C–C–N with tert-alkyl or cyclic N) is 1. The summed E-state index contributed by atoms with van der Waals surface area (Å²) in [6, 6.07) is 5.71. The van der Waals surface area contributed by atoms with Crippen LogP contribution in [0.4, 0.5) is 5.82 Å². The molecule has 0 unspecified atom stereocenters. The molecule has 0 bridgehead atoms. The van der Waals surface area contributed by atoms with Crippen molar-refractivity contribution >= 4 is 5.82 Å². The molecule has 1 N–H and O–H groups in total. The highest BCUT2D eigenvalue weighted by Crippen LogP contribution is 2.23. The van der Waals surface area contributed by atoms with E-state index in [1.165, 1.54) is 0 Å². The summed E-state index contributed by atoms with van der Waals surface area (Å²) in [5.74, 6) is 0.665. The van der Waals surface area contributed by atoms with Crippen LogP contribution in [0.3, 0.4) is 0 Å². The van der Waals surface area contributed by atoms with Crippen molar-refractivity contribution in [2.24, 2.45) is 0 Å². The molecule has 1 saturated heterocycles. The molecule has 5 nitrogen and oxygen atoms in total. The number of aliphatic hydroxyl groups is 1. The van der Waals surface area contributed by atoms with E-state index in [4.69, 9.17) is 5.26 Å². The molecule has 90 valence electrons. The summed E-state index contributed by atoms with van der Waals surface area (Å²) in [5.41, 5.74) is 0.555. The predicted octanol–water partition coefficient (Wildman–Crippen LogP) is 0.0644. The number of anilines is 1. The van der Waals surface area contributed by atoms with Gasteiger partial charge in [0.15, 0.2) is 0 Å². The molecule has 0 aliphatic carbocycles. The van der Waals surface area contributed by atoms with Crippen molar-refractivity contribution in [1.29, 1.82) is 5.26 Å². The van der Waals surface area contributed by atoms with E-state index in [-0.39, 0.29) is 6.04 Å². The minimum atomic E-state index is -0.404. The molecular weight excluding hydrogens is 216 g/mol. The van der Waals surface area contributed by atoms with E-state index in [0.29, 0.717) is 24.5 Å². The zero-order valence-corrected chi connectivity index (χ0v) is 10.0. The molecule has 1 aromatic heterocycles. The molecule has 1 aromatic rings. The van der Waals surface area contributed by atoms with Crippen molar-refractivity contribution in [3.8, 4) is 6.07 Å². The summed E-state index contributed by atoms with van der Waals surface area (Å²) in [4.78, 5) is 8.20. The number of rotatable bonds is 2. The van der Waals surface area contributed by atoms with Gasteiger partial charge in [-0.05, 0) is 26.2 Å². The zero-order chi connectivity index (χ0) is 12.4. The Kier molecular flexibility index (Phi) is 3.27. The number of likely N-dealkylation sites (N-methyl/N-ethyl adjacent to an activating group) is 1. The van der Waals surface area contributed by atoms with Crippen LogP contribution >= 0.6 is 0 Å². The van der Waals surface area contributed by atoms with Gasteiger partial charge in [-0.1, -0.05) is 0 Å². The lowest BCUT2D eigenvalue weighted by Crippen LogP contribution is -2.38. The average molecular weight is 232 g/mol. The third-order valence-corrected chi connectivity index (χ3v) is 3.13. The van der Waals surface area contributed by atoms with Gasteiger partial charge in [0.05, 0.1) is 17.7 Å². The third-order valence-electron chi connectivity index (χ3n) is 3.13. The van der Waals surface area contributed by atoms with Gasteiger partial charge in [0.25, 0.3) is 0 Å². The number of nitrogens with zero attached hydrogens (tertiary/aromatic N) is 4. The monoisotopic (exact) mass is 232 g/mol. The lowest BCUT2D eigenvalue weighted by Gasteiger charge is -2.22. The average Bonchev–Trinajstić information content (AvgIpc) is 2.71. The molecule has 1 fully saturated rings. The van der Waals surface area contributed by atoms with Crippen molar-refractivity contribution < 1.29 is 5.11 Å². The van der Waals surface area contributed by atoms with Crippen LogP contribution in [-0.2, 0) is 0 Å². The minimum absolute atomic E-state index is 0.0866. The third kappa shape index (κ3) is 2.23. The maximum Gasteiger partial charge on any atom is 0.146 e. The quantitative estimate of drug-likeness (QED) is 0.781. The van der Waals surface area contributed by atoms with Crippen LogP contribution < -0.4 is 4.90 Å². The van der Waals surface area contributed by atoms with Gasteiger partial charge in [-0.15, -0.1) is 0 Å². The van der Waals surface area contributed by atoms with E-state index in [9.17, 15) is 5.11 Å². The first-order valence-electron chi connectivity index (χ1n) is 5.58. The van der Waals surface area contributed by atoms with E-state index in [0.717, 1.165) is 0 Å². The van der Waals surface area contributed by atoms with Crippen LogP contribution in [0.1, 0.15) is 5.56 Å². The number of aromatic nitrogens is 1. The summed E-state index contributed by atoms with van der Waals surface area (Å²) in [6.07, 6.45) is 1.27. The number of hydrogen-bond donors (Lipinski definition) is 1. The van der Waals surface area contributed by atoms with E-state index in [2.05, 4.69) is 11.1 Å². The van der Waals surface area contributed by atoms with Gasteiger partial charge in [-0.25, -0.2) is 4.98 Å². The molecule has 2 atom stereocenters. The molecule has 17 heavy (non-hydrogen) atoms. The molecule has 0 aromatic carbocycles. The zero-order valence-electron chi connectivity index (χ0n) is 10.0. The van der Waals surface area contributed by atoms with Crippen LogP contribution in [0.5, 0.6) is 0 Å². The Morgan fingerprint density at radius 2 is 2.29 bits per heavy atom. The van der Waals surface area contributed by atoms with Crippen LogP contribution in [0.2, 0.25) is 0 Å². The summed E-state index contributed by atoms with van der Waals surface area (Å²) < 4.78 is 0. The van der Waals surface area contributed by atoms with Crippen molar-refractivity contribution in [1.82, 2.24) is 9.88 Å². The molecule has 0 radical (unpaired) electrons. The highest BCUT2D eigenvalue weighted by molar-refractivity contribution is 5.54. The van der Waals surface area contributed by atoms with Gasteiger partial charge in [0.2, 0.25) is 0 Å². The fourth-order valence-corrected chi connectivity index (χ4v) is 2.19. The molecule has 2 heterocycles. The Hall–Kier alpha value is -1.64. The van der Waals surface area contributed by atoms with Gasteiger partial charge in [0.1, 0.15) is 11.9 Å². The Morgan fingerprint density at radius 3 is 2.88 bits per heavy atom. The van der Waals surface area contributed by atoms with E-state index < -0.39 is 6.10 Å². The first kappa shape index (κ1) is 11.8. The van der Waals surface area contributed by atoms with Crippen LogP contribution in [-0.4, -0.2) is 54.3 Å². The normalized spacial score (nSPS) is 24.1. The first-order valence-corrected chi connectivity index (χ1v) is 5.58. The number of pyridine rings is 1. The molecule has 1 aliphatic rings. The summed E-state index contributed by atoms with van der Waals surface area (Å²) in [5, 5.41) is 19.0. The second-order valence-corrected chi connectivity index (χ2v) is 4.49. The van der Waals surface area contributed by atoms with Gasteiger partial charge in [-0.3, -0.25) is 0 Å². The van der Waals surface area contributed by atoms with Crippen molar-refractivity contribution in [2.75, 3.05) is 32.1 Å². The number of nitriles is 1. The SMILES string of the molecule is CN(C)[C@H]1CN(c2ncccc2C#N)C[C@@H]1O. The van der Waals surface area contributed by atoms with Crippen LogP contribution in [0.15, 0.2) is 18.3 Å². The minimum Gasteiger partial charge on any atom is -0.390 e. The maximum absolute atomic E-state index is 9.96. The van der Waals surface area contributed by atoms with Gasteiger partial charge < -0.3 is 14.9 Å². The van der Waals surface area contributed by atoms with Crippen LogP contribution in [0.25, 0.3) is 0 Å². The Balaban J connectivity index is 2.23. The number of hydrogen-bond acceptors (Lipinski definition) is 5. The molecular formula is C12H16N4O. The molecule has 5 heteroatoms. The lowest BCUT2D eigenvalue weighted by molar-refractivity contribution is 0.114.